The number of hydrogen-bond acceptors (Lipinski definition) is 4. The Bertz CT molecular complexity index is 768. The van der Waals surface area contributed by atoms with E-state index in [2.05, 4.69) is 28.3 Å². The fourth-order valence-electron chi connectivity index (χ4n) is 4.08. The van der Waals surface area contributed by atoms with E-state index in [-0.39, 0.29) is 11.8 Å². The van der Waals surface area contributed by atoms with E-state index in [4.69, 9.17) is 4.52 Å². The molecule has 1 fully saturated rings. The number of rotatable bonds is 3. The predicted octanol–water partition coefficient (Wildman–Crippen LogP) is 3.21. The van der Waals surface area contributed by atoms with E-state index in [1.165, 1.54) is 30.4 Å². The average Bonchev–Trinajstić information content (AvgIpc) is 3.08. The van der Waals surface area contributed by atoms with Gasteiger partial charge in [-0.05, 0) is 55.2 Å². The van der Waals surface area contributed by atoms with Crippen molar-refractivity contribution < 1.29 is 9.32 Å². The van der Waals surface area contributed by atoms with Crippen LogP contribution in [0.3, 0.4) is 0 Å². The Hall–Kier alpha value is -2.17. The lowest BCUT2D eigenvalue weighted by atomic mass is 9.89. The molecule has 2 aromatic rings. The summed E-state index contributed by atoms with van der Waals surface area (Å²) < 4.78 is 5.10. The van der Waals surface area contributed by atoms with Gasteiger partial charge >= 0.3 is 0 Å². The van der Waals surface area contributed by atoms with Gasteiger partial charge in [-0.25, -0.2) is 0 Å². The number of likely N-dealkylation sites (tertiary alicyclic amines) is 1. The molecule has 4 rings (SSSR count). The Balaban J connectivity index is 1.42. The number of carbonyl (C=O) groups is 1. The number of piperidine rings is 1. The van der Waals surface area contributed by atoms with Gasteiger partial charge < -0.3 is 9.42 Å². The minimum atomic E-state index is 0.193. The summed E-state index contributed by atoms with van der Waals surface area (Å²) in [6.07, 6.45) is 7.39. The maximum atomic E-state index is 12.8. The second kappa shape index (κ2) is 6.98. The number of carbonyl (C=O) groups excluding carboxylic acids is 1. The first kappa shape index (κ1) is 16.3. The zero-order valence-corrected chi connectivity index (χ0v) is 14.8. The summed E-state index contributed by atoms with van der Waals surface area (Å²) in [6.45, 7) is 3.33. The first-order valence-corrected chi connectivity index (χ1v) is 9.38. The highest BCUT2D eigenvalue weighted by molar-refractivity contribution is 5.79. The molecule has 1 aliphatic carbocycles. The van der Waals surface area contributed by atoms with Crippen molar-refractivity contribution in [1.82, 2.24) is 15.0 Å². The molecule has 2 aliphatic rings. The van der Waals surface area contributed by atoms with Crippen molar-refractivity contribution in [3.8, 4) is 0 Å². The molecule has 0 bridgehead atoms. The van der Waals surface area contributed by atoms with Crippen LogP contribution < -0.4 is 0 Å². The van der Waals surface area contributed by atoms with Crippen LogP contribution in [0.4, 0.5) is 0 Å². The van der Waals surface area contributed by atoms with Gasteiger partial charge in [-0.15, -0.1) is 0 Å². The van der Waals surface area contributed by atoms with E-state index in [1.807, 2.05) is 4.90 Å². The van der Waals surface area contributed by atoms with Crippen molar-refractivity contribution in [1.29, 1.82) is 0 Å². The number of aromatic nitrogens is 2. The monoisotopic (exact) mass is 339 g/mol. The molecule has 0 N–H and O–H groups in total. The predicted molar refractivity (Wildman–Crippen MR) is 94.4 cm³/mol. The summed E-state index contributed by atoms with van der Waals surface area (Å²) in [5, 5.41) is 4.04. The van der Waals surface area contributed by atoms with Gasteiger partial charge in [0.2, 0.25) is 11.8 Å². The van der Waals surface area contributed by atoms with Gasteiger partial charge in [0, 0.05) is 25.9 Å². The van der Waals surface area contributed by atoms with Crippen molar-refractivity contribution in [3.63, 3.8) is 0 Å². The maximum Gasteiger partial charge on any atom is 0.227 e. The van der Waals surface area contributed by atoms with Crippen LogP contribution >= 0.6 is 0 Å². The number of fused-ring (bicyclic) bond motifs is 1. The van der Waals surface area contributed by atoms with E-state index in [1.54, 1.807) is 6.92 Å². The highest BCUT2D eigenvalue weighted by Gasteiger charge is 2.27. The molecule has 0 radical (unpaired) electrons. The molecule has 1 unspecified atom stereocenters. The zero-order chi connectivity index (χ0) is 17.2. The molecule has 1 amide bonds. The molecule has 0 saturated carbocycles. The van der Waals surface area contributed by atoms with Crippen LogP contribution in [0.15, 0.2) is 22.7 Å². The fourth-order valence-corrected chi connectivity index (χ4v) is 4.08. The number of aryl methyl sites for hydroxylation is 3. The maximum absolute atomic E-state index is 12.8. The largest absolute Gasteiger partial charge is 0.342 e. The van der Waals surface area contributed by atoms with Crippen LogP contribution in [-0.2, 0) is 24.1 Å². The van der Waals surface area contributed by atoms with Gasteiger partial charge in [0.15, 0.2) is 5.82 Å². The van der Waals surface area contributed by atoms with E-state index >= 15 is 0 Å². The van der Waals surface area contributed by atoms with E-state index in [0.29, 0.717) is 18.9 Å². The summed E-state index contributed by atoms with van der Waals surface area (Å²) in [7, 11) is 0. The number of hydrogen-bond donors (Lipinski definition) is 0. The third-order valence-electron chi connectivity index (χ3n) is 5.45. The topological polar surface area (TPSA) is 59.2 Å². The standard InChI is InChI=1S/C20H25N3O2/c1-14-21-20(22-25-14)18-7-4-10-23(13-18)19(24)12-15-8-9-16-5-2-3-6-17(16)11-15/h8-9,11,18H,2-7,10,12-13H2,1H3. The van der Waals surface area contributed by atoms with Crippen LogP contribution in [0.1, 0.15) is 60.0 Å². The molecule has 2 heterocycles. The van der Waals surface area contributed by atoms with Crippen molar-refractivity contribution >= 4 is 5.91 Å². The van der Waals surface area contributed by atoms with Gasteiger partial charge in [-0.2, -0.15) is 4.98 Å². The Morgan fingerprint density at radius 3 is 2.88 bits per heavy atom. The summed E-state index contributed by atoms with van der Waals surface area (Å²) in [5.74, 6) is 1.73. The zero-order valence-electron chi connectivity index (χ0n) is 14.8. The SMILES string of the molecule is Cc1nc(C2CCCN(C(=O)Cc3ccc4c(c3)CCCC4)C2)no1. The molecule has 1 aromatic carbocycles. The van der Waals surface area contributed by atoms with Crippen LogP contribution in [0.25, 0.3) is 0 Å². The second-order valence-corrected chi connectivity index (χ2v) is 7.34. The fraction of sp³-hybridized carbons (Fsp3) is 0.550. The second-order valence-electron chi connectivity index (χ2n) is 7.34. The molecule has 1 saturated heterocycles. The summed E-state index contributed by atoms with van der Waals surface area (Å²) in [4.78, 5) is 19.1. The van der Waals surface area contributed by atoms with Crippen molar-refractivity contribution in [2.24, 2.45) is 0 Å². The number of amides is 1. The first-order chi connectivity index (χ1) is 12.2. The van der Waals surface area contributed by atoms with Crippen LogP contribution in [-0.4, -0.2) is 34.0 Å². The van der Waals surface area contributed by atoms with E-state index in [0.717, 1.165) is 37.2 Å². The van der Waals surface area contributed by atoms with Crippen molar-refractivity contribution in [2.45, 2.75) is 57.8 Å². The summed E-state index contributed by atoms with van der Waals surface area (Å²) in [5.41, 5.74) is 4.05. The highest BCUT2D eigenvalue weighted by Crippen LogP contribution is 2.26. The van der Waals surface area contributed by atoms with Crippen LogP contribution in [0.5, 0.6) is 0 Å². The molecule has 0 spiro atoms. The third kappa shape index (κ3) is 3.60. The molecular formula is C20H25N3O2. The lowest BCUT2D eigenvalue weighted by Gasteiger charge is -2.31. The van der Waals surface area contributed by atoms with Gasteiger partial charge in [-0.3, -0.25) is 4.79 Å². The third-order valence-corrected chi connectivity index (χ3v) is 5.45. The smallest absolute Gasteiger partial charge is 0.227 e. The molecule has 1 aliphatic heterocycles. The van der Waals surface area contributed by atoms with Gasteiger partial charge in [0.1, 0.15) is 0 Å². The number of benzene rings is 1. The van der Waals surface area contributed by atoms with Crippen LogP contribution in [0, 0.1) is 6.92 Å². The van der Waals surface area contributed by atoms with Crippen molar-refractivity contribution in [2.75, 3.05) is 13.1 Å². The quantitative estimate of drug-likeness (QED) is 0.861. The van der Waals surface area contributed by atoms with E-state index < -0.39 is 0 Å². The molecule has 1 atom stereocenters. The summed E-state index contributed by atoms with van der Waals surface area (Å²) in [6, 6.07) is 6.60. The van der Waals surface area contributed by atoms with Gasteiger partial charge in [0.25, 0.3) is 0 Å². The minimum Gasteiger partial charge on any atom is -0.342 e. The Morgan fingerprint density at radius 1 is 1.24 bits per heavy atom. The lowest BCUT2D eigenvalue weighted by molar-refractivity contribution is -0.131. The Morgan fingerprint density at radius 2 is 2.08 bits per heavy atom. The van der Waals surface area contributed by atoms with Gasteiger partial charge in [0.05, 0.1) is 6.42 Å². The average molecular weight is 339 g/mol. The first-order valence-electron chi connectivity index (χ1n) is 9.38. The van der Waals surface area contributed by atoms with Crippen LogP contribution in [0.2, 0.25) is 0 Å². The molecule has 5 nitrogen and oxygen atoms in total. The van der Waals surface area contributed by atoms with E-state index in [9.17, 15) is 4.79 Å². The molecule has 1 aromatic heterocycles. The molecule has 25 heavy (non-hydrogen) atoms. The van der Waals surface area contributed by atoms with Crippen molar-refractivity contribution in [3.05, 3.63) is 46.6 Å². The lowest BCUT2D eigenvalue weighted by Crippen LogP contribution is -2.40. The molecular weight excluding hydrogens is 314 g/mol. The Kier molecular flexibility index (Phi) is 4.55. The summed E-state index contributed by atoms with van der Waals surface area (Å²) >= 11 is 0. The molecule has 132 valence electrons. The minimum absolute atomic E-state index is 0.193. The highest BCUT2D eigenvalue weighted by atomic mass is 16.5. The molecule has 5 heteroatoms. The van der Waals surface area contributed by atoms with Gasteiger partial charge in [-0.1, -0.05) is 23.4 Å². The Labute approximate surface area is 148 Å². The normalized spacial score (nSPS) is 20.4. The number of nitrogens with zero attached hydrogens (tertiary/aromatic N) is 3.